The molecule has 0 aliphatic carbocycles. The highest BCUT2D eigenvalue weighted by atomic mass is 15.3. The van der Waals surface area contributed by atoms with Gasteiger partial charge in [0.15, 0.2) is 0 Å². The first-order valence-corrected chi connectivity index (χ1v) is 6.50. The van der Waals surface area contributed by atoms with E-state index in [1.807, 2.05) is 17.9 Å². The first-order chi connectivity index (χ1) is 8.75. The Morgan fingerprint density at radius 3 is 2.67 bits per heavy atom. The van der Waals surface area contributed by atoms with E-state index in [2.05, 4.69) is 53.7 Å². The third-order valence-electron chi connectivity index (χ3n) is 3.18. The molecule has 0 fully saturated rings. The summed E-state index contributed by atoms with van der Waals surface area (Å²) in [6.45, 7) is 3.23. The van der Waals surface area contributed by atoms with Gasteiger partial charge in [-0.2, -0.15) is 5.10 Å². The molecule has 1 N–H and O–H groups in total. The first kappa shape index (κ1) is 12.8. The van der Waals surface area contributed by atoms with Crippen molar-refractivity contribution in [2.75, 3.05) is 6.54 Å². The molecule has 2 rings (SSSR count). The minimum absolute atomic E-state index is 0.501. The molecule has 3 nitrogen and oxygen atoms in total. The third kappa shape index (κ3) is 3.70. The van der Waals surface area contributed by atoms with Crippen LogP contribution in [0, 0.1) is 0 Å². The van der Waals surface area contributed by atoms with Crippen molar-refractivity contribution in [2.24, 2.45) is 7.05 Å². The molecule has 0 amide bonds. The quantitative estimate of drug-likeness (QED) is 0.843. The fourth-order valence-electron chi connectivity index (χ4n) is 2.13. The summed E-state index contributed by atoms with van der Waals surface area (Å²) in [5.74, 6) is 0. The lowest BCUT2D eigenvalue weighted by Gasteiger charge is -2.13. The van der Waals surface area contributed by atoms with Gasteiger partial charge in [0.25, 0.3) is 0 Å². The Balaban J connectivity index is 1.72. The lowest BCUT2D eigenvalue weighted by atomic mass is 10.1. The van der Waals surface area contributed by atoms with Gasteiger partial charge in [0, 0.05) is 37.9 Å². The number of hydrogen-bond acceptors (Lipinski definition) is 2. The molecule has 1 aromatic heterocycles. The number of nitrogens with zero attached hydrogens (tertiary/aromatic N) is 2. The van der Waals surface area contributed by atoms with E-state index < -0.39 is 0 Å². The zero-order valence-corrected chi connectivity index (χ0v) is 11.1. The second kappa shape index (κ2) is 6.36. The maximum Gasteiger partial charge on any atom is 0.0492 e. The second-order valence-electron chi connectivity index (χ2n) is 4.74. The van der Waals surface area contributed by atoms with Crippen LogP contribution in [-0.4, -0.2) is 22.4 Å². The second-order valence-corrected chi connectivity index (χ2v) is 4.74. The van der Waals surface area contributed by atoms with Crippen molar-refractivity contribution in [1.29, 1.82) is 0 Å². The van der Waals surface area contributed by atoms with Gasteiger partial charge in [-0.1, -0.05) is 30.3 Å². The number of hydrogen-bond donors (Lipinski definition) is 1. The van der Waals surface area contributed by atoms with Crippen LogP contribution < -0.4 is 5.32 Å². The maximum atomic E-state index is 4.17. The first-order valence-electron chi connectivity index (χ1n) is 6.50. The van der Waals surface area contributed by atoms with Crippen molar-refractivity contribution in [3.63, 3.8) is 0 Å². The van der Waals surface area contributed by atoms with Crippen molar-refractivity contribution in [2.45, 2.75) is 25.8 Å². The number of benzene rings is 1. The monoisotopic (exact) mass is 243 g/mol. The summed E-state index contributed by atoms with van der Waals surface area (Å²) < 4.78 is 1.93. The zero-order valence-electron chi connectivity index (χ0n) is 11.1. The molecule has 0 saturated carbocycles. The Labute approximate surface area is 109 Å². The molecular weight excluding hydrogens is 222 g/mol. The van der Waals surface area contributed by atoms with Crippen LogP contribution in [0.15, 0.2) is 42.6 Å². The van der Waals surface area contributed by atoms with Crippen LogP contribution in [0.4, 0.5) is 0 Å². The van der Waals surface area contributed by atoms with E-state index in [1.165, 1.54) is 11.3 Å². The Morgan fingerprint density at radius 1 is 1.22 bits per heavy atom. The largest absolute Gasteiger partial charge is 0.314 e. The average Bonchev–Trinajstić information content (AvgIpc) is 2.76. The molecule has 1 atom stereocenters. The van der Waals surface area contributed by atoms with Gasteiger partial charge in [-0.3, -0.25) is 4.68 Å². The molecule has 0 radical (unpaired) electrons. The molecule has 0 aliphatic rings. The standard InChI is InChI=1S/C15H21N3/c1-13(12-14-6-4-3-5-7-14)16-10-8-15-9-11-17-18(15)2/h3-7,9,11,13,16H,8,10,12H2,1-2H3. The lowest BCUT2D eigenvalue weighted by Crippen LogP contribution is -2.30. The molecule has 2 aromatic rings. The topological polar surface area (TPSA) is 29.9 Å². The summed E-state index contributed by atoms with van der Waals surface area (Å²) in [4.78, 5) is 0. The lowest BCUT2D eigenvalue weighted by molar-refractivity contribution is 0.539. The van der Waals surface area contributed by atoms with Gasteiger partial charge in [0.1, 0.15) is 0 Å². The molecule has 0 saturated heterocycles. The van der Waals surface area contributed by atoms with Gasteiger partial charge in [0.2, 0.25) is 0 Å². The summed E-state index contributed by atoms with van der Waals surface area (Å²) >= 11 is 0. The SMILES string of the molecule is CC(Cc1ccccc1)NCCc1ccnn1C. The van der Waals surface area contributed by atoms with Crippen molar-refractivity contribution in [1.82, 2.24) is 15.1 Å². The van der Waals surface area contributed by atoms with Crippen LogP contribution in [0.25, 0.3) is 0 Å². The molecule has 3 heteroatoms. The number of nitrogens with one attached hydrogen (secondary N) is 1. The van der Waals surface area contributed by atoms with E-state index in [0.717, 1.165) is 19.4 Å². The maximum absolute atomic E-state index is 4.17. The fraction of sp³-hybridized carbons (Fsp3) is 0.400. The number of rotatable bonds is 6. The van der Waals surface area contributed by atoms with Crippen molar-refractivity contribution in [3.8, 4) is 0 Å². The summed E-state index contributed by atoms with van der Waals surface area (Å²) in [7, 11) is 1.99. The van der Waals surface area contributed by atoms with Gasteiger partial charge < -0.3 is 5.32 Å². The highest BCUT2D eigenvalue weighted by Gasteiger charge is 2.03. The fourth-order valence-corrected chi connectivity index (χ4v) is 2.13. The minimum atomic E-state index is 0.501. The predicted molar refractivity (Wildman–Crippen MR) is 74.5 cm³/mol. The van der Waals surface area contributed by atoms with E-state index in [-0.39, 0.29) is 0 Å². The van der Waals surface area contributed by atoms with Crippen LogP contribution in [0.5, 0.6) is 0 Å². The van der Waals surface area contributed by atoms with Crippen molar-refractivity contribution >= 4 is 0 Å². The van der Waals surface area contributed by atoms with Crippen LogP contribution in [0.1, 0.15) is 18.2 Å². The minimum Gasteiger partial charge on any atom is -0.314 e. The van der Waals surface area contributed by atoms with E-state index in [9.17, 15) is 0 Å². The molecule has 1 aromatic carbocycles. The number of aryl methyl sites for hydroxylation is 1. The molecular formula is C15H21N3. The molecule has 0 bridgehead atoms. The predicted octanol–water partition coefficient (Wildman–Crippen LogP) is 2.18. The molecule has 0 spiro atoms. The Morgan fingerprint density at radius 2 is 2.00 bits per heavy atom. The van der Waals surface area contributed by atoms with Crippen molar-refractivity contribution in [3.05, 3.63) is 53.9 Å². The van der Waals surface area contributed by atoms with E-state index in [1.54, 1.807) is 0 Å². The smallest absolute Gasteiger partial charge is 0.0492 e. The van der Waals surface area contributed by atoms with Crippen molar-refractivity contribution < 1.29 is 0 Å². The third-order valence-corrected chi connectivity index (χ3v) is 3.18. The van der Waals surface area contributed by atoms with Gasteiger partial charge in [-0.25, -0.2) is 0 Å². The normalized spacial score (nSPS) is 12.6. The summed E-state index contributed by atoms with van der Waals surface area (Å²) in [6, 6.07) is 13.2. The number of aromatic nitrogens is 2. The summed E-state index contributed by atoms with van der Waals surface area (Å²) in [5.41, 5.74) is 2.66. The highest BCUT2D eigenvalue weighted by Crippen LogP contribution is 2.03. The van der Waals surface area contributed by atoms with Gasteiger partial charge in [-0.15, -0.1) is 0 Å². The molecule has 1 heterocycles. The van der Waals surface area contributed by atoms with Crippen LogP contribution >= 0.6 is 0 Å². The molecule has 1 unspecified atom stereocenters. The van der Waals surface area contributed by atoms with Gasteiger partial charge >= 0.3 is 0 Å². The molecule has 0 aliphatic heterocycles. The zero-order chi connectivity index (χ0) is 12.8. The Bertz CT molecular complexity index is 462. The molecule has 18 heavy (non-hydrogen) atoms. The molecule has 96 valence electrons. The highest BCUT2D eigenvalue weighted by molar-refractivity contribution is 5.15. The summed E-state index contributed by atoms with van der Waals surface area (Å²) in [5, 5.41) is 7.73. The van der Waals surface area contributed by atoms with Crippen LogP contribution in [-0.2, 0) is 19.9 Å². The van der Waals surface area contributed by atoms with Crippen LogP contribution in [0.2, 0.25) is 0 Å². The van der Waals surface area contributed by atoms with E-state index in [4.69, 9.17) is 0 Å². The van der Waals surface area contributed by atoms with Crippen LogP contribution in [0.3, 0.4) is 0 Å². The van der Waals surface area contributed by atoms with E-state index >= 15 is 0 Å². The Hall–Kier alpha value is -1.61. The Kier molecular flexibility index (Phi) is 4.53. The van der Waals surface area contributed by atoms with Gasteiger partial charge in [-0.05, 0) is 25.0 Å². The average molecular weight is 243 g/mol. The summed E-state index contributed by atoms with van der Waals surface area (Å²) in [6.07, 6.45) is 3.95. The van der Waals surface area contributed by atoms with Gasteiger partial charge in [0.05, 0.1) is 0 Å². The van der Waals surface area contributed by atoms with E-state index in [0.29, 0.717) is 6.04 Å².